The molecule has 0 bridgehead atoms. The monoisotopic (exact) mass is 212 g/mol. The molecule has 78 valence electrons. The van der Waals surface area contributed by atoms with Crippen molar-refractivity contribution in [2.45, 2.75) is 19.8 Å². The molecule has 1 rings (SSSR count). The first-order valence-electron chi connectivity index (χ1n) is 4.83. The van der Waals surface area contributed by atoms with Crippen molar-refractivity contribution in [3.63, 3.8) is 0 Å². The molecule has 1 aliphatic rings. The minimum absolute atomic E-state index is 0.0767. The Bertz CT molecular complexity index is 253. The average molecular weight is 212 g/mol. The van der Waals surface area contributed by atoms with E-state index in [0.29, 0.717) is 25.3 Å². The Balaban J connectivity index is 2.39. The van der Waals surface area contributed by atoms with E-state index in [2.05, 4.69) is 18.3 Å². The average Bonchev–Trinajstić information content (AvgIpc) is 2.12. The molecule has 0 aliphatic heterocycles. The zero-order chi connectivity index (χ0) is 10.6. The van der Waals surface area contributed by atoms with Crippen LogP contribution in [0.15, 0.2) is 0 Å². The van der Waals surface area contributed by atoms with Crippen LogP contribution in [0.4, 0.5) is 0 Å². The number of hydrogen-bond donors (Lipinski definition) is 1. The van der Waals surface area contributed by atoms with Crippen molar-refractivity contribution in [3.05, 3.63) is 0 Å². The van der Waals surface area contributed by atoms with E-state index < -0.39 is 5.41 Å². The van der Waals surface area contributed by atoms with Crippen molar-refractivity contribution in [1.82, 2.24) is 5.32 Å². The lowest BCUT2D eigenvalue weighted by molar-refractivity contribution is -0.133. The summed E-state index contributed by atoms with van der Waals surface area (Å²) in [6.07, 6.45) is 3.43. The zero-order valence-corrected chi connectivity index (χ0v) is 9.49. The summed E-state index contributed by atoms with van der Waals surface area (Å²) in [7, 11) is 0. The topological polar surface area (TPSA) is 52.9 Å². The molecule has 0 aromatic carbocycles. The number of nitrogens with zero attached hydrogens (tertiary/aromatic N) is 1. The zero-order valence-electron chi connectivity index (χ0n) is 8.67. The van der Waals surface area contributed by atoms with Gasteiger partial charge in [-0.1, -0.05) is 6.92 Å². The van der Waals surface area contributed by atoms with Gasteiger partial charge in [-0.2, -0.15) is 17.0 Å². The Morgan fingerprint density at radius 2 is 2.36 bits per heavy atom. The number of rotatable bonds is 4. The molecule has 0 atom stereocenters. The van der Waals surface area contributed by atoms with Gasteiger partial charge in [0.1, 0.15) is 5.41 Å². The summed E-state index contributed by atoms with van der Waals surface area (Å²) in [6, 6.07) is 2.15. The molecule has 1 amide bonds. The maximum Gasteiger partial charge on any atom is 0.240 e. The molecule has 0 unspecified atom stereocenters. The summed E-state index contributed by atoms with van der Waals surface area (Å²) in [5.74, 6) is 1.34. The Hall–Kier alpha value is -0.690. The predicted molar refractivity (Wildman–Crippen MR) is 57.8 cm³/mol. The van der Waals surface area contributed by atoms with Gasteiger partial charge in [-0.15, -0.1) is 0 Å². The summed E-state index contributed by atoms with van der Waals surface area (Å²) in [5, 5.41) is 11.8. The molecular weight excluding hydrogens is 196 g/mol. The molecule has 1 N–H and O–H groups in total. The summed E-state index contributed by atoms with van der Waals surface area (Å²) in [5.41, 5.74) is -0.710. The van der Waals surface area contributed by atoms with Crippen molar-refractivity contribution >= 4 is 17.7 Å². The fourth-order valence-electron chi connectivity index (χ4n) is 1.89. The predicted octanol–water partition coefficient (Wildman–Crippen LogP) is 1.41. The van der Waals surface area contributed by atoms with Crippen molar-refractivity contribution in [2.24, 2.45) is 11.3 Å². The second-order valence-corrected chi connectivity index (χ2v) is 4.94. The Labute approximate surface area is 89.2 Å². The molecular formula is C10H16N2OS. The second kappa shape index (κ2) is 4.70. The highest BCUT2D eigenvalue weighted by Gasteiger charge is 2.48. The Kier molecular flexibility index (Phi) is 3.82. The molecule has 0 aromatic rings. The van der Waals surface area contributed by atoms with Gasteiger partial charge >= 0.3 is 0 Å². The summed E-state index contributed by atoms with van der Waals surface area (Å²) >= 11 is 1.69. The van der Waals surface area contributed by atoms with Crippen molar-refractivity contribution in [1.29, 1.82) is 5.26 Å². The van der Waals surface area contributed by atoms with Crippen molar-refractivity contribution < 1.29 is 4.79 Å². The van der Waals surface area contributed by atoms with Crippen LogP contribution in [0.25, 0.3) is 0 Å². The van der Waals surface area contributed by atoms with Gasteiger partial charge in [0.15, 0.2) is 0 Å². The summed E-state index contributed by atoms with van der Waals surface area (Å²) in [4.78, 5) is 11.7. The second-order valence-electron chi connectivity index (χ2n) is 3.96. The highest BCUT2D eigenvalue weighted by Crippen LogP contribution is 2.44. The van der Waals surface area contributed by atoms with Crippen LogP contribution in [0.2, 0.25) is 0 Å². The molecule has 1 saturated carbocycles. The number of thioether (sulfide) groups is 1. The number of carbonyl (C=O) groups excluding carboxylic acids is 1. The van der Waals surface area contributed by atoms with E-state index in [1.54, 1.807) is 11.8 Å². The quantitative estimate of drug-likeness (QED) is 0.717. The molecule has 0 saturated heterocycles. The first-order valence-corrected chi connectivity index (χ1v) is 6.22. The number of carbonyl (C=O) groups is 1. The third kappa shape index (κ3) is 2.21. The van der Waals surface area contributed by atoms with E-state index in [9.17, 15) is 4.79 Å². The van der Waals surface area contributed by atoms with Crippen LogP contribution in [-0.4, -0.2) is 24.5 Å². The molecule has 0 spiro atoms. The molecule has 1 aliphatic carbocycles. The molecule has 0 radical (unpaired) electrons. The van der Waals surface area contributed by atoms with Gasteiger partial charge in [0.25, 0.3) is 0 Å². The molecule has 0 heterocycles. The van der Waals surface area contributed by atoms with E-state index >= 15 is 0 Å². The van der Waals surface area contributed by atoms with Crippen LogP contribution < -0.4 is 5.32 Å². The van der Waals surface area contributed by atoms with Gasteiger partial charge in [-0.05, 0) is 25.0 Å². The van der Waals surface area contributed by atoms with E-state index in [1.165, 1.54) is 0 Å². The molecule has 3 nitrogen and oxygen atoms in total. The first-order chi connectivity index (χ1) is 6.64. The largest absolute Gasteiger partial charge is 0.354 e. The summed E-state index contributed by atoms with van der Waals surface area (Å²) in [6.45, 7) is 2.74. The van der Waals surface area contributed by atoms with E-state index in [0.717, 1.165) is 5.75 Å². The van der Waals surface area contributed by atoms with Gasteiger partial charge in [0, 0.05) is 12.3 Å². The van der Waals surface area contributed by atoms with Crippen LogP contribution in [0, 0.1) is 22.7 Å². The van der Waals surface area contributed by atoms with Crippen LogP contribution in [-0.2, 0) is 4.79 Å². The number of amides is 1. The van der Waals surface area contributed by atoms with Gasteiger partial charge in [0.05, 0.1) is 6.07 Å². The van der Waals surface area contributed by atoms with Gasteiger partial charge in [-0.3, -0.25) is 4.79 Å². The lowest BCUT2D eigenvalue weighted by atomic mass is 9.63. The Morgan fingerprint density at radius 3 is 2.79 bits per heavy atom. The highest BCUT2D eigenvalue weighted by atomic mass is 32.2. The standard InChI is InChI=1S/C10H16N2OS/c1-8-5-10(6-8,7-11)9(13)12-3-4-14-2/h8H,3-6H2,1-2H3,(H,12,13). The SMILES string of the molecule is CSCCNC(=O)C1(C#N)CC(C)C1. The van der Waals surface area contributed by atoms with Crippen LogP contribution in [0.5, 0.6) is 0 Å². The van der Waals surface area contributed by atoms with Gasteiger partial charge in [0.2, 0.25) is 5.91 Å². The van der Waals surface area contributed by atoms with E-state index in [-0.39, 0.29) is 5.91 Å². The molecule has 14 heavy (non-hydrogen) atoms. The molecule has 4 heteroatoms. The van der Waals surface area contributed by atoms with Crippen molar-refractivity contribution in [3.8, 4) is 6.07 Å². The van der Waals surface area contributed by atoms with E-state index in [4.69, 9.17) is 5.26 Å². The summed E-state index contributed by atoms with van der Waals surface area (Å²) < 4.78 is 0. The number of nitrogens with one attached hydrogen (secondary N) is 1. The fraction of sp³-hybridized carbons (Fsp3) is 0.800. The van der Waals surface area contributed by atoms with Gasteiger partial charge in [-0.25, -0.2) is 0 Å². The number of nitriles is 1. The van der Waals surface area contributed by atoms with Crippen molar-refractivity contribution in [2.75, 3.05) is 18.6 Å². The van der Waals surface area contributed by atoms with Crippen LogP contribution in [0.1, 0.15) is 19.8 Å². The van der Waals surface area contributed by atoms with Crippen LogP contribution in [0.3, 0.4) is 0 Å². The smallest absolute Gasteiger partial charge is 0.240 e. The highest BCUT2D eigenvalue weighted by molar-refractivity contribution is 7.98. The Morgan fingerprint density at radius 1 is 1.71 bits per heavy atom. The third-order valence-corrected chi connectivity index (χ3v) is 3.25. The lowest BCUT2D eigenvalue weighted by Gasteiger charge is -2.39. The molecule has 0 aromatic heterocycles. The minimum atomic E-state index is -0.710. The lowest BCUT2D eigenvalue weighted by Crippen LogP contribution is -2.48. The maximum absolute atomic E-state index is 11.7. The van der Waals surface area contributed by atoms with Crippen LogP contribution >= 0.6 is 11.8 Å². The normalized spacial score (nSPS) is 30.2. The first kappa shape index (κ1) is 11.4. The van der Waals surface area contributed by atoms with E-state index in [1.807, 2.05) is 6.26 Å². The minimum Gasteiger partial charge on any atom is -0.354 e. The molecule has 1 fully saturated rings. The maximum atomic E-state index is 11.7. The fourth-order valence-corrected chi connectivity index (χ4v) is 2.20. The number of hydrogen-bond acceptors (Lipinski definition) is 3. The third-order valence-electron chi connectivity index (χ3n) is 2.63. The van der Waals surface area contributed by atoms with Gasteiger partial charge < -0.3 is 5.32 Å².